The number of hydrogen-bond donors (Lipinski definition) is 0. The molecule has 15 heavy (non-hydrogen) atoms. The van der Waals surface area contributed by atoms with E-state index in [2.05, 4.69) is 44.2 Å². The first-order valence-electron chi connectivity index (χ1n) is 5.58. The summed E-state index contributed by atoms with van der Waals surface area (Å²) in [5, 5.41) is 4.36. The molecular weight excluding hydrogens is 184 g/mol. The molecule has 2 rings (SSSR count). The van der Waals surface area contributed by atoms with Gasteiger partial charge in [0.05, 0.1) is 6.20 Å². The summed E-state index contributed by atoms with van der Waals surface area (Å²) in [7, 11) is 0. The maximum atomic E-state index is 4.36. The zero-order valence-electron chi connectivity index (χ0n) is 9.70. The fourth-order valence-corrected chi connectivity index (χ4v) is 1.82. The molecule has 1 aromatic heterocycles. The summed E-state index contributed by atoms with van der Waals surface area (Å²) in [6.07, 6.45) is 11.0. The van der Waals surface area contributed by atoms with Gasteiger partial charge in [0, 0.05) is 17.8 Å². The van der Waals surface area contributed by atoms with Crippen LogP contribution in [0, 0.1) is 0 Å². The number of rotatable bonds is 2. The van der Waals surface area contributed by atoms with Crippen molar-refractivity contribution in [3.8, 4) is 0 Å². The summed E-state index contributed by atoms with van der Waals surface area (Å²) in [4.78, 5) is 0. The standard InChI is InChI=1S/C13H18N2/c1-10(2)15-9-13(8-14-15)12-6-4-5-11(3)7-12/h6-10H,4-5H2,1-3H3. The van der Waals surface area contributed by atoms with Crippen LogP contribution in [0.15, 0.2) is 30.1 Å². The lowest BCUT2D eigenvalue weighted by molar-refractivity contribution is 0.532. The van der Waals surface area contributed by atoms with Gasteiger partial charge in [-0.05, 0) is 39.2 Å². The van der Waals surface area contributed by atoms with Crippen LogP contribution in [0.4, 0.5) is 0 Å². The van der Waals surface area contributed by atoms with Crippen molar-refractivity contribution in [2.75, 3.05) is 0 Å². The minimum Gasteiger partial charge on any atom is -0.270 e. The monoisotopic (exact) mass is 202 g/mol. The molecule has 1 aliphatic carbocycles. The fraction of sp³-hybridized carbons (Fsp3) is 0.462. The zero-order valence-corrected chi connectivity index (χ0v) is 9.70. The Balaban J connectivity index is 2.26. The fourth-order valence-electron chi connectivity index (χ4n) is 1.82. The molecule has 2 heteroatoms. The number of nitrogens with zero attached hydrogens (tertiary/aromatic N) is 2. The molecule has 1 aromatic rings. The quantitative estimate of drug-likeness (QED) is 0.716. The molecule has 0 radical (unpaired) electrons. The third-order valence-electron chi connectivity index (χ3n) is 2.77. The van der Waals surface area contributed by atoms with Crippen LogP contribution in [0.5, 0.6) is 0 Å². The van der Waals surface area contributed by atoms with E-state index in [1.54, 1.807) is 0 Å². The van der Waals surface area contributed by atoms with Gasteiger partial charge in [-0.15, -0.1) is 0 Å². The Bertz CT molecular complexity index is 408. The van der Waals surface area contributed by atoms with E-state index < -0.39 is 0 Å². The minimum absolute atomic E-state index is 0.438. The third-order valence-corrected chi connectivity index (χ3v) is 2.77. The molecule has 0 unspecified atom stereocenters. The highest BCUT2D eigenvalue weighted by Gasteiger charge is 2.07. The first-order valence-corrected chi connectivity index (χ1v) is 5.58. The maximum absolute atomic E-state index is 4.36. The van der Waals surface area contributed by atoms with Gasteiger partial charge in [0.15, 0.2) is 0 Å². The first-order chi connectivity index (χ1) is 7.16. The molecule has 1 aliphatic rings. The van der Waals surface area contributed by atoms with Crippen LogP contribution in [0.3, 0.4) is 0 Å². The molecule has 80 valence electrons. The molecule has 0 bridgehead atoms. The SMILES string of the molecule is CC1=CC(c2cnn(C(C)C)c2)=CCC1. The molecule has 0 atom stereocenters. The highest BCUT2D eigenvalue weighted by Crippen LogP contribution is 2.25. The molecule has 0 aliphatic heterocycles. The van der Waals surface area contributed by atoms with Gasteiger partial charge in [0.1, 0.15) is 0 Å². The van der Waals surface area contributed by atoms with Crippen molar-refractivity contribution in [3.63, 3.8) is 0 Å². The van der Waals surface area contributed by atoms with Gasteiger partial charge in [0.2, 0.25) is 0 Å². The molecule has 0 spiro atoms. The van der Waals surface area contributed by atoms with Gasteiger partial charge < -0.3 is 0 Å². The molecule has 0 N–H and O–H groups in total. The molecule has 1 heterocycles. The average Bonchev–Trinajstić information content (AvgIpc) is 2.66. The molecule has 0 aromatic carbocycles. The van der Waals surface area contributed by atoms with Crippen molar-refractivity contribution >= 4 is 5.57 Å². The average molecular weight is 202 g/mol. The zero-order chi connectivity index (χ0) is 10.8. The van der Waals surface area contributed by atoms with Crippen LogP contribution in [0.25, 0.3) is 5.57 Å². The first kappa shape index (κ1) is 10.2. The van der Waals surface area contributed by atoms with Gasteiger partial charge in [-0.1, -0.05) is 17.7 Å². The second kappa shape index (κ2) is 4.05. The molecule has 0 fully saturated rings. The second-order valence-corrected chi connectivity index (χ2v) is 4.49. The predicted octanol–water partition coefficient (Wildman–Crippen LogP) is 3.59. The third kappa shape index (κ3) is 2.20. The van der Waals surface area contributed by atoms with Crippen molar-refractivity contribution < 1.29 is 0 Å². The Morgan fingerprint density at radius 1 is 1.40 bits per heavy atom. The lowest BCUT2D eigenvalue weighted by Gasteiger charge is -2.09. The van der Waals surface area contributed by atoms with Gasteiger partial charge in [-0.2, -0.15) is 5.10 Å². The lowest BCUT2D eigenvalue weighted by Crippen LogP contribution is -1.99. The van der Waals surface area contributed by atoms with Crippen LogP contribution in [0.2, 0.25) is 0 Å². The maximum Gasteiger partial charge on any atom is 0.0568 e. The molecule has 0 amide bonds. The number of allylic oxidation sites excluding steroid dienone is 4. The van der Waals surface area contributed by atoms with E-state index in [1.807, 2.05) is 10.9 Å². The van der Waals surface area contributed by atoms with Gasteiger partial charge in [-0.3, -0.25) is 4.68 Å². The Hall–Kier alpha value is -1.31. The number of hydrogen-bond acceptors (Lipinski definition) is 1. The smallest absolute Gasteiger partial charge is 0.0568 e. The Morgan fingerprint density at radius 3 is 2.80 bits per heavy atom. The summed E-state index contributed by atoms with van der Waals surface area (Å²) in [5.41, 5.74) is 4.03. The summed E-state index contributed by atoms with van der Waals surface area (Å²) >= 11 is 0. The Morgan fingerprint density at radius 2 is 2.20 bits per heavy atom. The summed E-state index contributed by atoms with van der Waals surface area (Å²) < 4.78 is 2.01. The molecule has 0 saturated heterocycles. The number of aromatic nitrogens is 2. The summed E-state index contributed by atoms with van der Waals surface area (Å²) in [5.74, 6) is 0. The van der Waals surface area contributed by atoms with E-state index in [-0.39, 0.29) is 0 Å². The van der Waals surface area contributed by atoms with Crippen LogP contribution in [-0.4, -0.2) is 9.78 Å². The van der Waals surface area contributed by atoms with Crippen LogP contribution < -0.4 is 0 Å². The van der Waals surface area contributed by atoms with Crippen molar-refractivity contribution in [1.82, 2.24) is 9.78 Å². The minimum atomic E-state index is 0.438. The summed E-state index contributed by atoms with van der Waals surface area (Å²) in [6, 6.07) is 0.438. The van der Waals surface area contributed by atoms with Gasteiger partial charge >= 0.3 is 0 Å². The Labute approximate surface area is 91.3 Å². The molecular formula is C13H18N2. The van der Waals surface area contributed by atoms with Gasteiger partial charge in [0.25, 0.3) is 0 Å². The highest BCUT2D eigenvalue weighted by molar-refractivity contribution is 5.74. The predicted molar refractivity (Wildman–Crippen MR) is 63.6 cm³/mol. The van der Waals surface area contributed by atoms with E-state index in [0.717, 1.165) is 6.42 Å². The van der Waals surface area contributed by atoms with E-state index in [1.165, 1.54) is 23.1 Å². The van der Waals surface area contributed by atoms with E-state index in [4.69, 9.17) is 0 Å². The van der Waals surface area contributed by atoms with Crippen LogP contribution in [0.1, 0.15) is 45.2 Å². The largest absolute Gasteiger partial charge is 0.270 e. The topological polar surface area (TPSA) is 17.8 Å². The molecule has 2 nitrogen and oxygen atoms in total. The highest BCUT2D eigenvalue weighted by atomic mass is 15.3. The normalized spacial score (nSPS) is 16.5. The summed E-state index contributed by atoms with van der Waals surface area (Å²) in [6.45, 7) is 6.49. The molecule has 0 saturated carbocycles. The van der Waals surface area contributed by atoms with Crippen molar-refractivity contribution in [3.05, 3.63) is 35.7 Å². The lowest BCUT2D eigenvalue weighted by atomic mass is 9.97. The van der Waals surface area contributed by atoms with Crippen molar-refractivity contribution in [2.24, 2.45) is 0 Å². The van der Waals surface area contributed by atoms with Crippen molar-refractivity contribution in [1.29, 1.82) is 0 Å². The van der Waals surface area contributed by atoms with E-state index in [0.29, 0.717) is 6.04 Å². The second-order valence-electron chi connectivity index (χ2n) is 4.49. The van der Waals surface area contributed by atoms with Crippen LogP contribution in [-0.2, 0) is 0 Å². The van der Waals surface area contributed by atoms with E-state index >= 15 is 0 Å². The van der Waals surface area contributed by atoms with Crippen molar-refractivity contribution in [2.45, 2.75) is 39.7 Å². The van der Waals surface area contributed by atoms with E-state index in [9.17, 15) is 0 Å². The van der Waals surface area contributed by atoms with Gasteiger partial charge in [-0.25, -0.2) is 0 Å². The van der Waals surface area contributed by atoms with Crippen LogP contribution >= 0.6 is 0 Å². The Kier molecular flexibility index (Phi) is 2.76.